The van der Waals surface area contributed by atoms with Gasteiger partial charge >= 0.3 is 5.97 Å². The summed E-state index contributed by atoms with van der Waals surface area (Å²) in [5.74, 6) is -0.359. The Balaban J connectivity index is 1.60. The molecule has 3 aromatic rings. The third-order valence-corrected chi connectivity index (χ3v) is 5.95. The number of anilines is 1. The van der Waals surface area contributed by atoms with Gasteiger partial charge in [-0.3, -0.25) is 0 Å². The molecule has 0 radical (unpaired) electrons. The predicted octanol–water partition coefficient (Wildman–Crippen LogP) is 3.07. The Morgan fingerprint density at radius 2 is 2.19 bits per heavy atom. The Morgan fingerprint density at radius 3 is 2.89 bits per heavy atom. The number of carbonyl (C=O) groups excluding carboxylic acids is 1. The van der Waals surface area contributed by atoms with Gasteiger partial charge < -0.3 is 19.4 Å². The van der Waals surface area contributed by atoms with Crippen LogP contribution in [0.5, 0.6) is 0 Å². The molecule has 2 aliphatic rings. The van der Waals surface area contributed by atoms with Gasteiger partial charge in [0.1, 0.15) is 10.5 Å². The molecule has 0 amide bonds. The van der Waals surface area contributed by atoms with Crippen LogP contribution in [0.2, 0.25) is 0 Å². The number of piperazine rings is 1. The van der Waals surface area contributed by atoms with Crippen LogP contribution in [0.4, 0.5) is 6.01 Å². The SMILES string of the molecule is CCOC(=O)c1cc(-c2nccs2)c2oc(N3CC4CCC(C3)N4)nc2c1. The zero-order valence-electron chi connectivity index (χ0n) is 15.0. The second-order valence-electron chi connectivity index (χ2n) is 6.97. The van der Waals surface area contributed by atoms with Gasteiger partial charge in [-0.1, -0.05) is 0 Å². The number of oxazole rings is 1. The maximum atomic E-state index is 12.3. The van der Waals surface area contributed by atoms with Gasteiger partial charge in [0, 0.05) is 36.8 Å². The van der Waals surface area contributed by atoms with Gasteiger partial charge in [-0.05, 0) is 31.9 Å². The van der Waals surface area contributed by atoms with Crippen LogP contribution in [0, 0.1) is 0 Å². The summed E-state index contributed by atoms with van der Waals surface area (Å²) in [6.45, 7) is 3.91. The van der Waals surface area contributed by atoms with Crippen LogP contribution in [-0.4, -0.2) is 47.7 Å². The van der Waals surface area contributed by atoms with E-state index >= 15 is 0 Å². The fraction of sp³-hybridized carbons (Fsp3) is 0.421. The van der Waals surface area contributed by atoms with Crippen LogP contribution in [0.3, 0.4) is 0 Å². The van der Waals surface area contributed by atoms with E-state index in [0.29, 0.717) is 41.4 Å². The Hall–Kier alpha value is -2.45. The van der Waals surface area contributed by atoms with Crippen molar-refractivity contribution in [2.24, 2.45) is 0 Å². The predicted molar refractivity (Wildman–Crippen MR) is 103 cm³/mol. The molecule has 8 heteroatoms. The monoisotopic (exact) mass is 384 g/mol. The van der Waals surface area contributed by atoms with Crippen molar-refractivity contribution in [2.45, 2.75) is 31.8 Å². The maximum Gasteiger partial charge on any atom is 0.338 e. The molecular formula is C19H20N4O3S. The van der Waals surface area contributed by atoms with E-state index in [0.717, 1.165) is 23.7 Å². The second kappa shape index (κ2) is 6.61. The smallest absolute Gasteiger partial charge is 0.338 e. The third-order valence-electron chi connectivity index (χ3n) is 5.14. The zero-order chi connectivity index (χ0) is 18.4. The molecule has 0 aliphatic carbocycles. The number of fused-ring (bicyclic) bond motifs is 3. The Kier molecular flexibility index (Phi) is 4.09. The highest BCUT2D eigenvalue weighted by Crippen LogP contribution is 2.35. The summed E-state index contributed by atoms with van der Waals surface area (Å²) in [6, 6.07) is 5.13. The molecule has 2 fully saturated rings. The lowest BCUT2D eigenvalue weighted by atomic mass is 10.1. The van der Waals surface area contributed by atoms with Crippen molar-refractivity contribution in [3.05, 3.63) is 29.3 Å². The molecule has 7 nitrogen and oxygen atoms in total. The molecule has 0 spiro atoms. The number of nitrogens with one attached hydrogen (secondary N) is 1. The number of aromatic nitrogens is 2. The van der Waals surface area contributed by atoms with Crippen molar-refractivity contribution in [1.82, 2.24) is 15.3 Å². The molecule has 140 valence electrons. The molecule has 1 aromatic carbocycles. The molecule has 2 saturated heterocycles. The van der Waals surface area contributed by atoms with Gasteiger partial charge in [-0.2, -0.15) is 4.98 Å². The number of carbonyl (C=O) groups is 1. The highest BCUT2D eigenvalue weighted by atomic mass is 32.1. The number of ether oxygens (including phenoxy) is 1. The molecule has 5 rings (SSSR count). The fourth-order valence-electron chi connectivity index (χ4n) is 3.96. The Bertz CT molecular complexity index is 972. The highest BCUT2D eigenvalue weighted by Gasteiger charge is 2.34. The highest BCUT2D eigenvalue weighted by molar-refractivity contribution is 7.13. The molecule has 2 bridgehead atoms. The minimum atomic E-state index is -0.359. The molecule has 2 atom stereocenters. The number of hydrogen-bond donors (Lipinski definition) is 1. The van der Waals surface area contributed by atoms with E-state index in [1.807, 2.05) is 5.38 Å². The normalized spacial score (nSPS) is 21.7. The van der Waals surface area contributed by atoms with Gasteiger partial charge in [-0.25, -0.2) is 9.78 Å². The second-order valence-corrected chi connectivity index (χ2v) is 7.86. The van der Waals surface area contributed by atoms with Gasteiger partial charge in [0.25, 0.3) is 6.01 Å². The summed E-state index contributed by atoms with van der Waals surface area (Å²) < 4.78 is 11.4. The summed E-state index contributed by atoms with van der Waals surface area (Å²) in [7, 11) is 0. The molecule has 2 aliphatic heterocycles. The van der Waals surface area contributed by atoms with Crippen LogP contribution < -0.4 is 10.2 Å². The van der Waals surface area contributed by atoms with Gasteiger partial charge in [0.05, 0.1) is 17.7 Å². The van der Waals surface area contributed by atoms with Crippen molar-refractivity contribution < 1.29 is 13.9 Å². The Labute approximate surface area is 160 Å². The van der Waals surface area contributed by atoms with E-state index in [1.54, 1.807) is 25.3 Å². The largest absolute Gasteiger partial charge is 0.462 e. The quantitative estimate of drug-likeness (QED) is 0.693. The van der Waals surface area contributed by atoms with E-state index in [-0.39, 0.29) is 5.97 Å². The summed E-state index contributed by atoms with van der Waals surface area (Å²) in [6.07, 6.45) is 4.13. The number of thiazole rings is 1. The number of rotatable bonds is 4. The summed E-state index contributed by atoms with van der Waals surface area (Å²) >= 11 is 1.51. The van der Waals surface area contributed by atoms with Crippen LogP contribution in [0.15, 0.2) is 28.1 Å². The number of esters is 1. The molecule has 27 heavy (non-hydrogen) atoms. The van der Waals surface area contributed by atoms with E-state index in [4.69, 9.17) is 14.1 Å². The van der Waals surface area contributed by atoms with E-state index in [1.165, 1.54) is 24.2 Å². The van der Waals surface area contributed by atoms with Crippen LogP contribution >= 0.6 is 11.3 Å². The van der Waals surface area contributed by atoms with Gasteiger partial charge in [-0.15, -0.1) is 11.3 Å². The summed E-state index contributed by atoms with van der Waals surface area (Å²) in [5, 5.41) is 6.32. The molecule has 2 aromatic heterocycles. The molecule has 4 heterocycles. The summed E-state index contributed by atoms with van der Waals surface area (Å²) in [4.78, 5) is 23.6. The standard InChI is InChI=1S/C19H20N4O3S/c1-2-25-18(24)11-7-14(17-20-5-6-27-17)16-15(8-11)22-19(26-16)23-9-12-3-4-13(10-23)21-12/h5-8,12-13,21H,2-4,9-10H2,1H3. The first-order valence-corrected chi connectivity index (χ1v) is 10.1. The molecule has 2 unspecified atom stereocenters. The number of hydrogen-bond acceptors (Lipinski definition) is 8. The van der Waals surface area contributed by atoms with Gasteiger partial charge in [0.15, 0.2) is 5.58 Å². The van der Waals surface area contributed by atoms with Crippen LogP contribution in [0.1, 0.15) is 30.1 Å². The average Bonchev–Trinajstić information content (AvgIpc) is 3.40. The van der Waals surface area contributed by atoms with Crippen molar-refractivity contribution >= 4 is 34.4 Å². The lowest BCUT2D eigenvalue weighted by molar-refractivity contribution is 0.0526. The molecule has 1 N–H and O–H groups in total. The van der Waals surface area contributed by atoms with Crippen LogP contribution in [-0.2, 0) is 4.74 Å². The molecular weight excluding hydrogens is 364 g/mol. The lowest BCUT2D eigenvalue weighted by Crippen LogP contribution is -2.51. The topological polar surface area (TPSA) is 80.5 Å². The minimum Gasteiger partial charge on any atom is -0.462 e. The lowest BCUT2D eigenvalue weighted by Gasteiger charge is -2.31. The fourth-order valence-corrected chi connectivity index (χ4v) is 4.61. The van der Waals surface area contributed by atoms with E-state index in [2.05, 4.69) is 15.2 Å². The van der Waals surface area contributed by atoms with Crippen molar-refractivity contribution in [1.29, 1.82) is 0 Å². The number of benzene rings is 1. The first-order chi connectivity index (χ1) is 13.2. The Morgan fingerprint density at radius 1 is 1.37 bits per heavy atom. The van der Waals surface area contributed by atoms with E-state index < -0.39 is 0 Å². The first kappa shape index (κ1) is 16.7. The third kappa shape index (κ3) is 2.98. The zero-order valence-corrected chi connectivity index (χ0v) is 15.8. The van der Waals surface area contributed by atoms with Crippen molar-refractivity contribution in [2.75, 3.05) is 24.6 Å². The van der Waals surface area contributed by atoms with Crippen molar-refractivity contribution in [3.8, 4) is 10.6 Å². The minimum absolute atomic E-state index is 0.330. The first-order valence-electron chi connectivity index (χ1n) is 9.24. The van der Waals surface area contributed by atoms with Crippen LogP contribution in [0.25, 0.3) is 21.7 Å². The maximum absolute atomic E-state index is 12.3. The average molecular weight is 384 g/mol. The number of nitrogens with zero attached hydrogens (tertiary/aromatic N) is 3. The van der Waals surface area contributed by atoms with Gasteiger partial charge in [0.2, 0.25) is 0 Å². The van der Waals surface area contributed by atoms with Crippen molar-refractivity contribution in [3.63, 3.8) is 0 Å². The van der Waals surface area contributed by atoms with E-state index in [9.17, 15) is 4.79 Å². The summed E-state index contributed by atoms with van der Waals surface area (Å²) in [5.41, 5.74) is 2.57. The molecule has 0 saturated carbocycles.